The van der Waals surface area contributed by atoms with E-state index in [1.165, 1.54) is 0 Å². The van der Waals surface area contributed by atoms with Crippen molar-refractivity contribution in [3.05, 3.63) is 48.0 Å². The first-order valence-corrected chi connectivity index (χ1v) is 11.3. The third kappa shape index (κ3) is 2.83. The van der Waals surface area contributed by atoms with Gasteiger partial charge in [0, 0.05) is 17.9 Å². The van der Waals surface area contributed by atoms with Crippen molar-refractivity contribution in [3.63, 3.8) is 0 Å². The van der Waals surface area contributed by atoms with Crippen LogP contribution < -0.4 is 4.72 Å². The summed E-state index contributed by atoms with van der Waals surface area (Å²) in [5.74, 6) is 0.347. The molecule has 2 saturated carbocycles. The van der Waals surface area contributed by atoms with Crippen molar-refractivity contribution in [2.75, 3.05) is 5.75 Å². The summed E-state index contributed by atoms with van der Waals surface area (Å²) in [5, 5.41) is 2.14. The molecule has 0 spiro atoms. The molecular formula is C22H27NO3S. The van der Waals surface area contributed by atoms with E-state index >= 15 is 0 Å². The number of fused-ring (bicyclic) bond motifs is 3. The number of Topliss-reactive ketones (excluding diaryl/α,β-unsaturated/α-hetero) is 1. The Morgan fingerprint density at radius 2 is 1.85 bits per heavy atom. The minimum atomic E-state index is -3.60. The lowest BCUT2D eigenvalue weighted by Gasteiger charge is -2.36. The van der Waals surface area contributed by atoms with Crippen LogP contribution in [0.1, 0.15) is 51.6 Å². The maximum atomic E-state index is 13.1. The van der Waals surface area contributed by atoms with E-state index in [1.54, 1.807) is 0 Å². The first kappa shape index (κ1) is 18.6. The van der Waals surface area contributed by atoms with E-state index in [2.05, 4.69) is 18.6 Å². The van der Waals surface area contributed by atoms with Gasteiger partial charge in [-0.15, -0.1) is 0 Å². The van der Waals surface area contributed by atoms with Gasteiger partial charge in [0.05, 0.1) is 5.75 Å². The fraction of sp³-hybridized carbons (Fsp3) is 0.500. The zero-order chi connectivity index (χ0) is 19.4. The van der Waals surface area contributed by atoms with Gasteiger partial charge >= 0.3 is 0 Å². The molecule has 3 atom stereocenters. The zero-order valence-electron chi connectivity index (χ0n) is 16.2. The van der Waals surface area contributed by atoms with Gasteiger partial charge in [0.2, 0.25) is 10.0 Å². The smallest absolute Gasteiger partial charge is 0.213 e. The van der Waals surface area contributed by atoms with Gasteiger partial charge in [0.25, 0.3) is 0 Å². The zero-order valence-corrected chi connectivity index (χ0v) is 17.0. The molecule has 0 amide bonds. The summed E-state index contributed by atoms with van der Waals surface area (Å²) in [7, 11) is -3.60. The minimum Gasteiger partial charge on any atom is -0.299 e. The summed E-state index contributed by atoms with van der Waals surface area (Å²) in [5.41, 5.74) is -0.0285. The summed E-state index contributed by atoms with van der Waals surface area (Å²) in [6, 6.07) is 13.6. The van der Waals surface area contributed by atoms with Crippen molar-refractivity contribution >= 4 is 26.6 Å². The molecule has 2 aliphatic rings. The fourth-order valence-corrected chi connectivity index (χ4v) is 7.51. The molecule has 2 aromatic carbocycles. The largest absolute Gasteiger partial charge is 0.299 e. The topological polar surface area (TPSA) is 63.2 Å². The number of benzene rings is 2. The number of ketones is 1. The SMILES string of the molecule is C[C@@H](NS(=O)(=O)CC12CCC(CC1=O)C2(C)C)c1cccc2ccccc12. The predicted octanol–water partition coefficient (Wildman–Crippen LogP) is 4.22. The molecule has 0 heterocycles. The highest BCUT2D eigenvalue weighted by Crippen LogP contribution is 2.64. The predicted molar refractivity (Wildman–Crippen MR) is 108 cm³/mol. The maximum Gasteiger partial charge on any atom is 0.213 e. The second kappa shape index (κ2) is 6.14. The molecule has 2 fully saturated rings. The summed E-state index contributed by atoms with van der Waals surface area (Å²) < 4.78 is 29.0. The van der Waals surface area contributed by atoms with E-state index < -0.39 is 15.4 Å². The fourth-order valence-electron chi connectivity index (χ4n) is 5.44. The number of sulfonamides is 1. The number of nitrogens with one attached hydrogen (secondary N) is 1. The molecule has 0 radical (unpaired) electrons. The molecule has 0 saturated heterocycles. The van der Waals surface area contributed by atoms with Crippen LogP contribution in [0.25, 0.3) is 10.8 Å². The number of hydrogen-bond donors (Lipinski definition) is 1. The molecule has 0 aromatic heterocycles. The normalized spacial score (nSPS) is 28.0. The van der Waals surface area contributed by atoms with Gasteiger partial charge < -0.3 is 0 Å². The summed E-state index contributed by atoms with van der Waals surface area (Å²) in [4.78, 5) is 12.7. The molecule has 1 N–H and O–H groups in total. The lowest BCUT2D eigenvalue weighted by Crippen LogP contribution is -2.45. The Bertz CT molecular complexity index is 1010. The van der Waals surface area contributed by atoms with Crippen molar-refractivity contribution in [1.82, 2.24) is 4.72 Å². The monoisotopic (exact) mass is 385 g/mol. The molecule has 2 aromatic rings. The molecule has 27 heavy (non-hydrogen) atoms. The third-order valence-electron chi connectivity index (χ3n) is 7.22. The van der Waals surface area contributed by atoms with Crippen molar-refractivity contribution in [2.45, 2.75) is 46.1 Å². The van der Waals surface area contributed by atoms with Crippen LogP contribution in [0.15, 0.2) is 42.5 Å². The Kier molecular flexibility index (Phi) is 4.24. The molecule has 2 aliphatic carbocycles. The maximum absolute atomic E-state index is 13.1. The lowest BCUT2D eigenvalue weighted by molar-refractivity contribution is -0.128. The van der Waals surface area contributed by atoms with Crippen LogP contribution in [0.5, 0.6) is 0 Å². The van der Waals surface area contributed by atoms with Gasteiger partial charge in [0.15, 0.2) is 0 Å². The Hall–Kier alpha value is -1.72. The molecule has 5 heteroatoms. The number of carbonyl (C=O) groups excluding carboxylic acids is 1. The number of rotatable bonds is 5. The van der Waals surface area contributed by atoms with E-state index in [-0.39, 0.29) is 23.0 Å². The molecule has 0 aliphatic heterocycles. The average molecular weight is 386 g/mol. The van der Waals surface area contributed by atoms with Crippen LogP contribution in [0.3, 0.4) is 0 Å². The molecule has 2 bridgehead atoms. The van der Waals surface area contributed by atoms with Gasteiger partial charge in [-0.25, -0.2) is 13.1 Å². The summed E-state index contributed by atoms with van der Waals surface area (Å²) >= 11 is 0. The Morgan fingerprint density at radius 3 is 2.52 bits per heavy atom. The third-order valence-corrected chi connectivity index (χ3v) is 8.81. The van der Waals surface area contributed by atoms with E-state index in [1.807, 2.05) is 49.4 Å². The van der Waals surface area contributed by atoms with Gasteiger partial charge in [-0.05, 0) is 47.4 Å². The highest BCUT2D eigenvalue weighted by atomic mass is 32.2. The minimum absolute atomic E-state index is 0.0998. The van der Waals surface area contributed by atoms with Crippen LogP contribution in [-0.2, 0) is 14.8 Å². The first-order chi connectivity index (χ1) is 12.7. The quantitative estimate of drug-likeness (QED) is 0.838. The van der Waals surface area contributed by atoms with Crippen LogP contribution in [-0.4, -0.2) is 20.0 Å². The van der Waals surface area contributed by atoms with Crippen LogP contribution in [0.4, 0.5) is 0 Å². The van der Waals surface area contributed by atoms with Crippen molar-refractivity contribution in [2.24, 2.45) is 16.7 Å². The molecule has 4 nitrogen and oxygen atoms in total. The summed E-state index contributed by atoms with van der Waals surface area (Å²) in [6.07, 6.45) is 2.17. The Balaban J connectivity index is 1.61. The van der Waals surface area contributed by atoms with Crippen molar-refractivity contribution in [3.8, 4) is 0 Å². The number of hydrogen-bond acceptors (Lipinski definition) is 3. The highest BCUT2D eigenvalue weighted by molar-refractivity contribution is 7.89. The standard InChI is InChI=1S/C22H27NO3S/c1-15(18-10-6-8-16-7-4-5-9-19(16)18)23-27(25,26)14-22-12-11-17(13-20(22)24)21(22,2)3/h4-10,15,17,23H,11-14H2,1-3H3/t15-,17?,22?/m1/s1. The molecule has 4 rings (SSSR count). The Labute approximate surface area is 161 Å². The molecule has 144 valence electrons. The van der Waals surface area contributed by atoms with Crippen LogP contribution >= 0.6 is 0 Å². The first-order valence-electron chi connectivity index (χ1n) is 9.67. The second-order valence-corrected chi connectivity index (χ2v) is 10.6. The van der Waals surface area contributed by atoms with Gasteiger partial charge in [0.1, 0.15) is 5.78 Å². The lowest BCUT2D eigenvalue weighted by atomic mass is 9.70. The number of carbonyl (C=O) groups is 1. The highest BCUT2D eigenvalue weighted by Gasteiger charge is 2.65. The van der Waals surface area contributed by atoms with Gasteiger partial charge in [-0.2, -0.15) is 0 Å². The van der Waals surface area contributed by atoms with Crippen molar-refractivity contribution < 1.29 is 13.2 Å². The van der Waals surface area contributed by atoms with Crippen LogP contribution in [0.2, 0.25) is 0 Å². The average Bonchev–Trinajstić information content (AvgIpc) is 2.94. The van der Waals surface area contributed by atoms with E-state index in [9.17, 15) is 13.2 Å². The summed E-state index contributed by atoms with van der Waals surface area (Å²) in [6.45, 7) is 6.01. The van der Waals surface area contributed by atoms with Crippen molar-refractivity contribution in [1.29, 1.82) is 0 Å². The van der Waals surface area contributed by atoms with Crippen LogP contribution in [0, 0.1) is 16.7 Å². The Morgan fingerprint density at radius 1 is 1.15 bits per heavy atom. The molecule has 2 unspecified atom stereocenters. The van der Waals surface area contributed by atoms with E-state index in [0.29, 0.717) is 18.8 Å². The van der Waals surface area contributed by atoms with E-state index in [4.69, 9.17) is 0 Å². The molecular weight excluding hydrogens is 358 g/mol. The van der Waals surface area contributed by atoms with Gasteiger partial charge in [-0.1, -0.05) is 56.3 Å². The van der Waals surface area contributed by atoms with E-state index in [0.717, 1.165) is 22.8 Å². The second-order valence-electron chi connectivity index (χ2n) is 8.83. The van der Waals surface area contributed by atoms with Gasteiger partial charge in [-0.3, -0.25) is 4.79 Å².